The van der Waals surface area contributed by atoms with Crippen molar-refractivity contribution in [3.05, 3.63) is 91.2 Å². The second-order valence-electron chi connectivity index (χ2n) is 6.95. The van der Waals surface area contributed by atoms with Crippen LogP contribution >= 0.6 is 50.9 Å². The van der Waals surface area contributed by atoms with Crippen molar-refractivity contribution in [3.63, 3.8) is 0 Å². The molecule has 3 aromatic rings. The summed E-state index contributed by atoms with van der Waals surface area (Å²) >= 11 is 16.3. The van der Waals surface area contributed by atoms with Crippen LogP contribution in [-0.4, -0.2) is 18.3 Å². The third-order valence-corrected chi connectivity index (χ3v) is 6.65. The minimum absolute atomic E-state index is 0.295. The van der Waals surface area contributed by atoms with Gasteiger partial charge in [0, 0.05) is 10.0 Å². The number of methoxy groups -OCH3 is 1. The fraction of sp³-hybridized carbons (Fsp3) is 0.0833. The number of nitrogens with zero attached hydrogens (tertiary/aromatic N) is 1. The fourth-order valence-corrected chi connectivity index (χ4v) is 4.88. The minimum atomic E-state index is -0.412. The van der Waals surface area contributed by atoms with E-state index in [0.29, 0.717) is 48.8 Å². The van der Waals surface area contributed by atoms with Gasteiger partial charge in [0.1, 0.15) is 6.61 Å². The fourth-order valence-electron chi connectivity index (χ4n) is 3.16. The van der Waals surface area contributed by atoms with E-state index >= 15 is 0 Å². The van der Waals surface area contributed by atoms with Gasteiger partial charge in [0.05, 0.1) is 22.2 Å². The number of benzene rings is 3. The molecule has 0 N–H and O–H groups in total. The van der Waals surface area contributed by atoms with Crippen LogP contribution in [0.3, 0.4) is 0 Å². The van der Waals surface area contributed by atoms with Gasteiger partial charge in [-0.3, -0.25) is 9.59 Å². The Kier molecular flexibility index (Phi) is 7.34. The molecule has 1 heterocycles. The van der Waals surface area contributed by atoms with E-state index in [4.69, 9.17) is 32.7 Å². The third-order valence-electron chi connectivity index (χ3n) is 4.71. The van der Waals surface area contributed by atoms with Crippen LogP contribution in [0.5, 0.6) is 11.5 Å². The highest BCUT2D eigenvalue weighted by atomic mass is 79.9. The lowest BCUT2D eigenvalue weighted by atomic mass is 10.1. The first kappa shape index (κ1) is 23.7. The highest BCUT2D eigenvalue weighted by Gasteiger charge is 2.36. The van der Waals surface area contributed by atoms with E-state index in [9.17, 15) is 9.59 Å². The first-order valence-electron chi connectivity index (χ1n) is 9.64. The Bertz CT molecular complexity index is 1260. The molecule has 0 radical (unpaired) electrons. The molecule has 33 heavy (non-hydrogen) atoms. The molecule has 1 fully saturated rings. The van der Waals surface area contributed by atoms with Gasteiger partial charge in [0.2, 0.25) is 0 Å². The first-order chi connectivity index (χ1) is 15.9. The van der Waals surface area contributed by atoms with E-state index in [0.717, 1.165) is 22.2 Å². The standard InChI is InChI=1S/C24H16BrCl2NO4S/c1-31-20-10-15(9-19(25)22(20)32-13-14-5-7-16(26)8-6-14)11-21-23(29)28(24(30)33-21)18-4-2-3-17(27)12-18/h2-12H,13H2,1H3/b21-11+. The van der Waals surface area contributed by atoms with E-state index in [1.807, 2.05) is 12.1 Å². The maximum absolute atomic E-state index is 12.9. The molecule has 0 spiro atoms. The van der Waals surface area contributed by atoms with Gasteiger partial charge >= 0.3 is 0 Å². The predicted molar refractivity (Wildman–Crippen MR) is 136 cm³/mol. The number of carbonyl (C=O) groups excluding carboxylic acids is 2. The molecule has 5 nitrogen and oxygen atoms in total. The summed E-state index contributed by atoms with van der Waals surface area (Å²) in [5.41, 5.74) is 2.05. The van der Waals surface area contributed by atoms with E-state index in [1.54, 1.807) is 54.6 Å². The second-order valence-corrected chi connectivity index (χ2v) is 9.67. The molecule has 0 aliphatic carbocycles. The van der Waals surface area contributed by atoms with Crippen LogP contribution in [0, 0.1) is 0 Å². The minimum Gasteiger partial charge on any atom is -0.493 e. The number of anilines is 1. The molecule has 0 bridgehead atoms. The Morgan fingerprint density at radius 3 is 2.48 bits per heavy atom. The number of halogens is 3. The van der Waals surface area contributed by atoms with Gasteiger partial charge in [-0.2, -0.15) is 0 Å². The SMILES string of the molecule is COc1cc(/C=C2/SC(=O)N(c3cccc(Cl)c3)C2=O)cc(Br)c1OCc1ccc(Cl)cc1. The predicted octanol–water partition coefficient (Wildman–Crippen LogP) is 7.58. The largest absolute Gasteiger partial charge is 0.493 e. The van der Waals surface area contributed by atoms with Crippen LogP contribution in [-0.2, 0) is 11.4 Å². The molecule has 1 aliphatic rings. The molecule has 0 aromatic heterocycles. The highest BCUT2D eigenvalue weighted by molar-refractivity contribution is 9.10. The van der Waals surface area contributed by atoms with Crippen molar-refractivity contribution in [1.29, 1.82) is 0 Å². The second kappa shape index (κ2) is 10.2. The lowest BCUT2D eigenvalue weighted by Gasteiger charge is -2.14. The molecule has 4 rings (SSSR count). The van der Waals surface area contributed by atoms with Crippen molar-refractivity contribution >= 4 is 73.8 Å². The van der Waals surface area contributed by atoms with Crippen LogP contribution in [0.2, 0.25) is 10.0 Å². The van der Waals surface area contributed by atoms with Crippen molar-refractivity contribution in [2.45, 2.75) is 6.61 Å². The summed E-state index contributed by atoms with van der Waals surface area (Å²) in [6, 6.07) is 17.5. The average Bonchev–Trinajstić information content (AvgIpc) is 3.06. The highest BCUT2D eigenvalue weighted by Crippen LogP contribution is 2.40. The maximum atomic E-state index is 12.9. The first-order valence-corrected chi connectivity index (χ1v) is 12.0. The van der Waals surface area contributed by atoms with Gasteiger partial charge in [-0.05, 0) is 87.4 Å². The molecule has 2 amide bonds. The molecule has 1 aliphatic heterocycles. The number of carbonyl (C=O) groups is 2. The van der Waals surface area contributed by atoms with Crippen LogP contribution in [0.25, 0.3) is 6.08 Å². The van der Waals surface area contributed by atoms with Crippen LogP contribution in [0.15, 0.2) is 70.0 Å². The monoisotopic (exact) mass is 563 g/mol. The summed E-state index contributed by atoms with van der Waals surface area (Å²) in [5, 5.41) is 0.711. The summed E-state index contributed by atoms with van der Waals surface area (Å²) < 4.78 is 12.1. The van der Waals surface area contributed by atoms with Crippen LogP contribution < -0.4 is 14.4 Å². The Labute approximate surface area is 213 Å². The van der Waals surface area contributed by atoms with Crippen molar-refractivity contribution in [1.82, 2.24) is 0 Å². The van der Waals surface area contributed by atoms with Crippen molar-refractivity contribution in [2.24, 2.45) is 0 Å². The van der Waals surface area contributed by atoms with E-state index in [-0.39, 0.29) is 5.24 Å². The topological polar surface area (TPSA) is 55.8 Å². The molecule has 3 aromatic carbocycles. The number of thioether (sulfide) groups is 1. The average molecular weight is 565 g/mol. The van der Waals surface area contributed by atoms with Gasteiger partial charge in [-0.25, -0.2) is 4.90 Å². The van der Waals surface area contributed by atoms with E-state index < -0.39 is 5.91 Å². The molecular weight excluding hydrogens is 549 g/mol. The van der Waals surface area contributed by atoms with E-state index in [1.165, 1.54) is 7.11 Å². The van der Waals surface area contributed by atoms with Crippen LogP contribution in [0.1, 0.15) is 11.1 Å². The molecule has 168 valence electrons. The number of ether oxygens (including phenoxy) is 2. The Hall–Kier alpha value is -2.45. The summed E-state index contributed by atoms with van der Waals surface area (Å²) in [7, 11) is 1.54. The van der Waals surface area contributed by atoms with Crippen LogP contribution in [0.4, 0.5) is 10.5 Å². The van der Waals surface area contributed by atoms with Gasteiger partial charge < -0.3 is 9.47 Å². The van der Waals surface area contributed by atoms with Crippen molar-refractivity contribution < 1.29 is 19.1 Å². The maximum Gasteiger partial charge on any atom is 0.298 e. The van der Waals surface area contributed by atoms with Gasteiger partial charge in [-0.1, -0.05) is 41.4 Å². The molecule has 0 atom stereocenters. The quantitative estimate of drug-likeness (QED) is 0.289. The number of imide groups is 1. The smallest absolute Gasteiger partial charge is 0.298 e. The number of amides is 2. The Balaban J connectivity index is 1.58. The lowest BCUT2D eigenvalue weighted by Crippen LogP contribution is -2.27. The molecule has 1 saturated heterocycles. The Morgan fingerprint density at radius 2 is 1.79 bits per heavy atom. The number of hydrogen-bond acceptors (Lipinski definition) is 5. The van der Waals surface area contributed by atoms with Gasteiger partial charge in [-0.15, -0.1) is 0 Å². The normalized spacial score (nSPS) is 14.8. The number of rotatable bonds is 6. The lowest BCUT2D eigenvalue weighted by molar-refractivity contribution is -0.113. The number of hydrogen-bond donors (Lipinski definition) is 0. The van der Waals surface area contributed by atoms with E-state index in [2.05, 4.69) is 15.9 Å². The molecule has 0 unspecified atom stereocenters. The third kappa shape index (κ3) is 5.38. The van der Waals surface area contributed by atoms with Crippen molar-refractivity contribution in [3.8, 4) is 11.5 Å². The zero-order valence-electron chi connectivity index (χ0n) is 17.2. The van der Waals surface area contributed by atoms with Gasteiger partial charge in [0.15, 0.2) is 11.5 Å². The molecular formula is C24H16BrCl2NO4S. The zero-order valence-corrected chi connectivity index (χ0v) is 21.1. The summed E-state index contributed by atoms with van der Waals surface area (Å²) in [6.45, 7) is 0.323. The zero-order chi connectivity index (χ0) is 23.5. The summed E-state index contributed by atoms with van der Waals surface area (Å²) in [4.78, 5) is 26.8. The summed E-state index contributed by atoms with van der Waals surface area (Å²) in [6.07, 6.45) is 1.64. The Morgan fingerprint density at radius 1 is 1.03 bits per heavy atom. The molecule has 0 saturated carbocycles. The van der Waals surface area contributed by atoms with Gasteiger partial charge in [0.25, 0.3) is 11.1 Å². The molecule has 9 heteroatoms. The summed E-state index contributed by atoms with van der Waals surface area (Å²) in [5.74, 6) is 0.598. The van der Waals surface area contributed by atoms with Crippen molar-refractivity contribution in [2.75, 3.05) is 12.0 Å².